The lowest BCUT2D eigenvalue weighted by Crippen LogP contribution is -2.44. The molecule has 100 valence electrons. The van der Waals surface area contributed by atoms with Gasteiger partial charge in [-0.1, -0.05) is 11.6 Å². The summed E-state index contributed by atoms with van der Waals surface area (Å²) >= 11 is 5.89. The van der Waals surface area contributed by atoms with Crippen LogP contribution in [0.25, 0.3) is 0 Å². The Kier molecular flexibility index (Phi) is 4.95. The van der Waals surface area contributed by atoms with Crippen molar-refractivity contribution in [1.82, 2.24) is 5.43 Å². The Hall–Kier alpha value is -0.680. The molecule has 1 atom stereocenters. The van der Waals surface area contributed by atoms with E-state index >= 15 is 0 Å². The van der Waals surface area contributed by atoms with Crippen molar-refractivity contribution < 1.29 is 9.13 Å². The Labute approximate surface area is 111 Å². The van der Waals surface area contributed by atoms with Crippen LogP contribution in [0.15, 0.2) is 18.2 Å². The molecule has 18 heavy (non-hydrogen) atoms. The second kappa shape index (κ2) is 6.48. The molecule has 0 amide bonds. The van der Waals surface area contributed by atoms with Crippen LogP contribution in [0.5, 0.6) is 0 Å². The minimum Gasteiger partial charge on any atom is -0.381 e. The van der Waals surface area contributed by atoms with E-state index < -0.39 is 0 Å². The molecule has 1 aromatic rings. The normalized spacial score (nSPS) is 18.8. The molecular formula is C13H18ClFN2O. The smallest absolute Gasteiger partial charge is 0.126 e. The van der Waals surface area contributed by atoms with E-state index in [0.29, 0.717) is 22.9 Å². The van der Waals surface area contributed by atoms with Crippen LogP contribution in [0.4, 0.5) is 4.39 Å². The van der Waals surface area contributed by atoms with Gasteiger partial charge in [0.1, 0.15) is 5.82 Å². The second-order valence-corrected chi connectivity index (χ2v) is 5.10. The predicted octanol–water partition coefficient (Wildman–Crippen LogP) is 2.28. The summed E-state index contributed by atoms with van der Waals surface area (Å²) in [6.45, 7) is 1.50. The number of hydrogen-bond donors (Lipinski definition) is 2. The molecule has 1 fully saturated rings. The summed E-state index contributed by atoms with van der Waals surface area (Å²) in [5.41, 5.74) is 3.41. The first-order chi connectivity index (χ1) is 8.70. The SMILES string of the molecule is NNC(Cc1cc(Cl)ccc1F)C1CCOCC1. The van der Waals surface area contributed by atoms with Crippen LogP contribution in [0, 0.1) is 11.7 Å². The van der Waals surface area contributed by atoms with Crippen molar-refractivity contribution in [3.05, 3.63) is 34.6 Å². The van der Waals surface area contributed by atoms with E-state index in [0.717, 1.165) is 26.1 Å². The molecule has 1 unspecified atom stereocenters. The molecule has 1 heterocycles. The second-order valence-electron chi connectivity index (χ2n) is 4.66. The Bertz CT molecular complexity index is 397. The van der Waals surface area contributed by atoms with Gasteiger partial charge in [-0.05, 0) is 48.9 Å². The molecular weight excluding hydrogens is 255 g/mol. The fraction of sp³-hybridized carbons (Fsp3) is 0.538. The zero-order valence-electron chi connectivity index (χ0n) is 10.2. The van der Waals surface area contributed by atoms with Crippen molar-refractivity contribution in [3.8, 4) is 0 Å². The van der Waals surface area contributed by atoms with E-state index in [1.807, 2.05) is 0 Å². The monoisotopic (exact) mass is 272 g/mol. The minimum absolute atomic E-state index is 0.0573. The van der Waals surface area contributed by atoms with Gasteiger partial charge in [-0.3, -0.25) is 11.3 Å². The van der Waals surface area contributed by atoms with Crippen LogP contribution < -0.4 is 11.3 Å². The average Bonchev–Trinajstić information content (AvgIpc) is 2.41. The fourth-order valence-electron chi connectivity index (χ4n) is 2.42. The average molecular weight is 273 g/mol. The lowest BCUT2D eigenvalue weighted by Gasteiger charge is -2.30. The van der Waals surface area contributed by atoms with Crippen molar-refractivity contribution in [1.29, 1.82) is 0 Å². The number of nitrogens with two attached hydrogens (primary N) is 1. The Morgan fingerprint density at radius 2 is 2.17 bits per heavy atom. The number of rotatable bonds is 4. The number of hydrogen-bond acceptors (Lipinski definition) is 3. The van der Waals surface area contributed by atoms with E-state index in [1.54, 1.807) is 12.1 Å². The number of nitrogens with one attached hydrogen (secondary N) is 1. The highest BCUT2D eigenvalue weighted by Gasteiger charge is 2.24. The van der Waals surface area contributed by atoms with Gasteiger partial charge in [0, 0.05) is 24.3 Å². The maximum atomic E-state index is 13.7. The highest BCUT2D eigenvalue weighted by molar-refractivity contribution is 6.30. The van der Waals surface area contributed by atoms with Gasteiger partial charge < -0.3 is 4.74 Å². The van der Waals surface area contributed by atoms with Crippen LogP contribution in [-0.4, -0.2) is 19.3 Å². The van der Waals surface area contributed by atoms with Gasteiger partial charge in [0.25, 0.3) is 0 Å². The molecule has 5 heteroatoms. The molecule has 1 aliphatic heterocycles. The minimum atomic E-state index is -0.230. The van der Waals surface area contributed by atoms with Crippen LogP contribution in [0.2, 0.25) is 5.02 Å². The first-order valence-electron chi connectivity index (χ1n) is 6.18. The molecule has 1 saturated heterocycles. The predicted molar refractivity (Wildman–Crippen MR) is 69.8 cm³/mol. The first kappa shape index (κ1) is 13.7. The van der Waals surface area contributed by atoms with Crippen molar-refractivity contribution in [2.24, 2.45) is 11.8 Å². The van der Waals surface area contributed by atoms with E-state index in [9.17, 15) is 4.39 Å². The number of benzene rings is 1. The maximum absolute atomic E-state index is 13.7. The lowest BCUT2D eigenvalue weighted by atomic mass is 9.88. The van der Waals surface area contributed by atoms with Gasteiger partial charge in [-0.15, -0.1) is 0 Å². The number of ether oxygens (including phenoxy) is 1. The van der Waals surface area contributed by atoms with Gasteiger partial charge in [0.2, 0.25) is 0 Å². The maximum Gasteiger partial charge on any atom is 0.126 e. The van der Waals surface area contributed by atoms with E-state index in [-0.39, 0.29) is 11.9 Å². The van der Waals surface area contributed by atoms with Crippen LogP contribution in [0.1, 0.15) is 18.4 Å². The zero-order valence-corrected chi connectivity index (χ0v) is 10.9. The molecule has 3 nitrogen and oxygen atoms in total. The first-order valence-corrected chi connectivity index (χ1v) is 6.56. The summed E-state index contributed by atoms with van der Waals surface area (Å²) < 4.78 is 19.0. The molecule has 1 aliphatic rings. The zero-order chi connectivity index (χ0) is 13.0. The third-order valence-electron chi connectivity index (χ3n) is 3.50. The number of halogens is 2. The van der Waals surface area contributed by atoms with Crippen molar-refractivity contribution in [3.63, 3.8) is 0 Å². The summed E-state index contributed by atoms with van der Waals surface area (Å²) in [4.78, 5) is 0. The van der Waals surface area contributed by atoms with Crippen LogP contribution in [0.3, 0.4) is 0 Å². The topological polar surface area (TPSA) is 47.3 Å². The summed E-state index contributed by atoms with van der Waals surface area (Å²) in [6.07, 6.45) is 2.46. The van der Waals surface area contributed by atoms with Gasteiger partial charge in [-0.2, -0.15) is 0 Å². The third-order valence-corrected chi connectivity index (χ3v) is 3.73. The third kappa shape index (κ3) is 3.42. The summed E-state index contributed by atoms with van der Waals surface area (Å²) in [7, 11) is 0. The standard InChI is InChI=1S/C13H18ClFN2O/c14-11-1-2-12(15)10(7-11)8-13(17-16)9-3-5-18-6-4-9/h1-2,7,9,13,17H,3-6,8,16H2. The van der Waals surface area contributed by atoms with Gasteiger partial charge in [0.15, 0.2) is 0 Å². The summed E-state index contributed by atoms with van der Waals surface area (Å²) in [5, 5.41) is 0.550. The van der Waals surface area contributed by atoms with Gasteiger partial charge >= 0.3 is 0 Å². The molecule has 0 aromatic heterocycles. The molecule has 0 aliphatic carbocycles. The highest BCUT2D eigenvalue weighted by atomic mass is 35.5. The lowest BCUT2D eigenvalue weighted by molar-refractivity contribution is 0.0537. The van der Waals surface area contributed by atoms with Gasteiger partial charge in [-0.25, -0.2) is 4.39 Å². The van der Waals surface area contributed by atoms with E-state index in [2.05, 4.69) is 5.43 Å². The fourth-order valence-corrected chi connectivity index (χ4v) is 2.61. The molecule has 2 rings (SSSR count). The molecule has 0 spiro atoms. The Balaban J connectivity index is 2.06. The quantitative estimate of drug-likeness (QED) is 0.653. The van der Waals surface area contributed by atoms with E-state index in [1.165, 1.54) is 6.07 Å². The largest absolute Gasteiger partial charge is 0.381 e. The van der Waals surface area contributed by atoms with Crippen molar-refractivity contribution >= 4 is 11.6 Å². The Morgan fingerprint density at radius 3 is 2.83 bits per heavy atom. The summed E-state index contributed by atoms with van der Waals surface area (Å²) in [5.74, 6) is 5.78. The molecule has 0 radical (unpaired) electrons. The van der Waals surface area contributed by atoms with E-state index in [4.69, 9.17) is 22.2 Å². The van der Waals surface area contributed by atoms with Crippen LogP contribution in [-0.2, 0) is 11.2 Å². The molecule has 1 aromatic carbocycles. The number of hydrazine groups is 1. The highest BCUT2D eigenvalue weighted by Crippen LogP contribution is 2.23. The van der Waals surface area contributed by atoms with Crippen LogP contribution >= 0.6 is 11.6 Å². The van der Waals surface area contributed by atoms with Crippen molar-refractivity contribution in [2.75, 3.05) is 13.2 Å². The Morgan fingerprint density at radius 1 is 1.44 bits per heavy atom. The van der Waals surface area contributed by atoms with Crippen molar-refractivity contribution in [2.45, 2.75) is 25.3 Å². The molecule has 0 bridgehead atoms. The summed E-state index contributed by atoms with van der Waals surface area (Å²) in [6, 6.07) is 4.68. The molecule has 0 saturated carbocycles. The molecule has 3 N–H and O–H groups in total. The van der Waals surface area contributed by atoms with Gasteiger partial charge in [0.05, 0.1) is 0 Å².